The lowest BCUT2D eigenvalue weighted by Gasteiger charge is -2.14. The number of ether oxygens (including phenoxy) is 1. The van der Waals surface area contributed by atoms with Crippen LogP contribution >= 0.6 is 0 Å². The molecule has 0 saturated carbocycles. The number of carbonyl (C=O) groups excluding carboxylic acids is 2. The fourth-order valence-electron chi connectivity index (χ4n) is 2.25. The van der Waals surface area contributed by atoms with Crippen LogP contribution in [0.25, 0.3) is 5.76 Å². The van der Waals surface area contributed by atoms with Crippen molar-refractivity contribution in [1.29, 1.82) is 0 Å². The van der Waals surface area contributed by atoms with Crippen molar-refractivity contribution in [3.05, 3.63) is 71.3 Å². The van der Waals surface area contributed by atoms with E-state index >= 15 is 0 Å². The van der Waals surface area contributed by atoms with Gasteiger partial charge in [-0.25, -0.2) is 0 Å². The van der Waals surface area contributed by atoms with E-state index in [1.165, 1.54) is 6.92 Å². The van der Waals surface area contributed by atoms with Crippen molar-refractivity contribution in [2.45, 2.75) is 33.8 Å². The van der Waals surface area contributed by atoms with Crippen LogP contribution in [0.3, 0.4) is 0 Å². The fraction of sp³-hybridized carbons (Fsp3) is 0.238. The zero-order valence-electron chi connectivity index (χ0n) is 14.8. The Labute approximate surface area is 148 Å². The predicted molar refractivity (Wildman–Crippen MR) is 99.9 cm³/mol. The van der Waals surface area contributed by atoms with Gasteiger partial charge in [0.25, 0.3) is 0 Å². The summed E-state index contributed by atoms with van der Waals surface area (Å²) in [5, 5.41) is 2.80. The summed E-state index contributed by atoms with van der Waals surface area (Å²) in [5.74, 6) is 0.486. The number of hydrogen-bond donors (Lipinski definition) is 1. The number of Topliss-reactive ketones (excluding diaryl/α,β-unsaturated/α-hetero) is 1. The number of amides is 1. The second kappa shape index (κ2) is 8.83. The zero-order chi connectivity index (χ0) is 18.2. The summed E-state index contributed by atoms with van der Waals surface area (Å²) >= 11 is 0. The van der Waals surface area contributed by atoms with Crippen molar-refractivity contribution in [2.24, 2.45) is 0 Å². The molecule has 0 aromatic heterocycles. The molecule has 0 aliphatic rings. The van der Waals surface area contributed by atoms with E-state index in [-0.39, 0.29) is 11.7 Å². The maximum atomic E-state index is 11.8. The maximum absolute atomic E-state index is 11.8. The van der Waals surface area contributed by atoms with E-state index in [1.54, 1.807) is 13.8 Å². The zero-order valence-corrected chi connectivity index (χ0v) is 14.8. The van der Waals surface area contributed by atoms with E-state index in [2.05, 4.69) is 5.32 Å². The molecule has 2 aromatic rings. The van der Waals surface area contributed by atoms with E-state index < -0.39 is 0 Å². The van der Waals surface area contributed by atoms with Crippen LogP contribution in [0.4, 0.5) is 5.69 Å². The quantitative estimate of drug-likeness (QED) is 0.595. The summed E-state index contributed by atoms with van der Waals surface area (Å²) in [7, 11) is 0. The standard InChI is InChI=1S/C21H23NO3/c1-4-20(24)22-19-12-10-18(11-13-19)21(15(2)16(3)23)25-14-17-8-6-5-7-9-17/h5-13H,4,14H2,1-3H3,(H,22,24)/b21-15+. The van der Waals surface area contributed by atoms with E-state index in [0.717, 1.165) is 16.8 Å². The Kier molecular flexibility index (Phi) is 6.52. The Morgan fingerprint density at radius 2 is 1.60 bits per heavy atom. The Bertz CT molecular complexity index is 761. The lowest BCUT2D eigenvalue weighted by molar-refractivity contribution is -0.116. The Hall–Kier alpha value is -2.88. The van der Waals surface area contributed by atoms with E-state index in [9.17, 15) is 9.59 Å². The minimum absolute atomic E-state index is 0.0357. The molecule has 2 aromatic carbocycles. The number of benzene rings is 2. The van der Waals surface area contributed by atoms with Gasteiger partial charge in [0.05, 0.1) is 0 Å². The molecule has 0 aliphatic carbocycles. The van der Waals surface area contributed by atoms with Gasteiger partial charge in [0.1, 0.15) is 12.4 Å². The Balaban J connectivity index is 2.22. The molecule has 4 heteroatoms. The third-order valence-corrected chi connectivity index (χ3v) is 3.85. The number of ketones is 1. The second-order valence-corrected chi connectivity index (χ2v) is 5.76. The van der Waals surface area contributed by atoms with Crippen molar-refractivity contribution < 1.29 is 14.3 Å². The van der Waals surface area contributed by atoms with Crippen molar-refractivity contribution in [1.82, 2.24) is 0 Å². The highest BCUT2D eigenvalue weighted by atomic mass is 16.5. The first-order chi connectivity index (χ1) is 12.0. The molecule has 1 amide bonds. The first-order valence-electron chi connectivity index (χ1n) is 8.30. The average Bonchev–Trinajstić information content (AvgIpc) is 2.63. The van der Waals surface area contributed by atoms with Crippen LogP contribution in [0, 0.1) is 0 Å². The van der Waals surface area contributed by atoms with Crippen molar-refractivity contribution in [3.63, 3.8) is 0 Å². The average molecular weight is 337 g/mol. The van der Waals surface area contributed by atoms with Crippen LogP contribution in [0.2, 0.25) is 0 Å². The summed E-state index contributed by atoms with van der Waals surface area (Å²) < 4.78 is 5.95. The highest BCUT2D eigenvalue weighted by molar-refractivity contribution is 5.99. The molecule has 0 radical (unpaired) electrons. The molecule has 0 heterocycles. The molecular weight excluding hydrogens is 314 g/mol. The maximum Gasteiger partial charge on any atom is 0.224 e. The molecule has 1 N–H and O–H groups in total. The fourth-order valence-corrected chi connectivity index (χ4v) is 2.25. The molecule has 4 nitrogen and oxygen atoms in total. The summed E-state index contributed by atoms with van der Waals surface area (Å²) in [6.45, 7) is 5.47. The van der Waals surface area contributed by atoms with Gasteiger partial charge in [-0.05, 0) is 43.7 Å². The van der Waals surface area contributed by atoms with Gasteiger partial charge in [-0.3, -0.25) is 9.59 Å². The van der Waals surface area contributed by atoms with Crippen LogP contribution in [0.5, 0.6) is 0 Å². The normalized spacial score (nSPS) is 11.5. The lowest BCUT2D eigenvalue weighted by Crippen LogP contribution is -2.09. The highest BCUT2D eigenvalue weighted by Gasteiger charge is 2.12. The number of rotatable bonds is 7. The van der Waals surface area contributed by atoms with E-state index in [4.69, 9.17) is 4.74 Å². The summed E-state index contributed by atoms with van der Waals surface area (Å²) in [6.07, 6.45) is 0.427. The van der Waals surface area contributed by atoms with E-state index in [0.29, 0.717) is 24.4 Å². The first kappa shape index (κ1) is 18.5. The SMILES string of the molecule is CCC(=O)Nc1ccc(/C(OCc2ccccc2)=C(/C)C(C)=O)cc1. The minimum atomic E-state index is -0.0382. The third kappa shape index (κ3) is 5.31. The molecule has 0 aliphatic heterocycles. The second-order valence-electron chi connectivity index (χ2n) is 5.76. The monoisotopic (exact) mass is 337 g/mol. The number of allylic oxidation sites excluding steroid dienone is 1. The molecule has 0 fully saturated rings. The number of hydrogen-bond acceptors (Lipinski definition) is 3. The van der Waals surface area contributed by atoms with Crippen LogP contribution in [0.15, 0.2) is 60.2 Å². The smallest absolute Gasteiger partial charge is 0.224 e. The van der Waals surface area contributed by atoms with Gasteiger partial charge >= 0.3 is 0 Å². The number of nitrogens with one attached hydrogen (secondary N) is 1. The van der Waals surface area contributed by atoms with Gasteiger partial charge in [-0.15, -0.1) is 0 Å². The minimum Gasteiger partial charge on any atom is -0.488 e. The topological polar surface area (TPSA) is 55.4 Å². The lowest BCUT2D eigenvalue weighted by atomic mass is 10.1. The van der Waals surface area contributed by atoms with Crippen molar-refractivity contribution in [2.75, 3.05) is 5.32 Å². The molecular formula is C21H23NO3. The number of carbonyl (C=O) groups is 2. The van der Waals surface area contributed by atoms with Gasteiger partial charge in [-0.1, -0.05) is 37.3 Å². The molecule has 0 unspecified atom stereocenters. The third-order valence-electron chi connectivity index (χ3n) is 3.85. The van der Waals surface area contributed by atoms with Crippen molar-refractivity contribution in [3.8, 4) is 0 Å². The van der Waals surface area contributed by atoms with Crippen LogP contribution < -0.4 is 5.32 Å². The van der Waals surface area contributed by atoms with E-state index in [1.807, 2.05) is 54.6 Å². The molecule has 0 atom stereocenters. The number of anilines is 1. The predicted octanol–water partition coefficient (Wildman–Crippen LogP) is 4.57. The van der Waals surface area contributed by atoms with Crippen LogP contribution in [-0.2, 0) is 20.9 Å². The van der Waals surface area contributed by atoms with Crippen molar-refractivity contribution >= 4 is 23.1 Å². The largest absolute Gasteiger partial charge is 0.488 e. The van der Waals surface area contributed by atoms with Crippen LogP contribution in [0.1, 0.15) is 38.3 Å². The van der Waals surface area contributed by atoms with Gasteiger partial charge in [0, 0.05) is 23.2 Å². The Morgan fingerprint density at radius 3 is 2.16 bits per heavy atom. The summed E-state index contributed by atoms with van der Waals surface area (Å²) in [4.78, 5) is 23.3. The Morgan fingerprint density at radius 1 is 0.960 bits per heavy atom. The molecule has 25 heavy (non-hydrogen) atoms. The highest BCUT2D eigenvalue weighted by Crippen LogP contribution is 2.24. The van der Waals surface area contributed by atoms with Crippen LogP contribution in [-0.4, -0.2) is 11.7 Å². The van der Waals surface area contributed by atoms with Gasteiger partial charge in [-0.2, -0.15) is 0 Å². The molecule has 0 saturated heterocycles. The molecule has 2 rings (SSSR count). The summed E-state index contributed by atoms with van der Waals surface area (Å²) in [6, 6.07) is 17.1. The van der Waals surface area contributed by atoms with Gasteiger partial charge in [0.2, 0.25) is 5.91 Å². The molecule has 0 spiro atoms. The summed E-state index contributed by atoms with van der Waals surface area (Å²) in [5.41, 5.74) is 3.13. The van der Waals surface area contributed by atoms with Gasteiger partial charge < -0.3 is 10.1 Å². The molecule has 130 valence electrons. The molecule has 0 bridgehead atoms. The van der Waals surface area contributed by atoms with Gasteiger partial charge in [0.15, 0.2) is 5.78 Å². The first-order valence-corrected chi connectivity index (χ1v) is 8.30.